The van der Waals surface area contributed by atoms with Gasteiger partial charge in [0.25, 0.3) is 0 Å². The van der Waals surface area contributed by atoms with Gasteiger partial charge in [0.2, 0.25) is 0 Å². The maximum absolute atomic E-state index is 6.02. The normalized spacial score (nSPS) is 12.7. The first-order valence-electron chi connectivity index (χ1n) is 7.46. The molecule has 2 N–H and O–H groups in total. The van der Waals surface area contributed by atoms with Crippen molar-refractivity contribution >= 4 is 0 Å². The van der Waals surface area contributed by atoms with Crippen molar-refractivity contribution in [1.29, 1.82) is 0 Å². The molecule has 2 nitrogen and oxygen atoms in total. The van der Waals surface area contributed by atoms with E-state index in [1.54, 1.807) is 0 Å². The summed E-state index contributed by atoms with van der Waals surface area (Å²) in [6, 6.07) is 6.99. The van der Waals surface area contributed by atoms with E-state index in [1.807, 2.05) is 0 Å². The summed E-state index contributed by atoms with van der Waals surface area (Å²) in [6.45, 7) is 9.64. The van der Waals surface area contributed by atoms with E-state index in [-0.39, 0.29) is 6.04 Å². The second kappa shape index (κ2) is 6.27. The second-order valence-corrected chi connectivity index (χ2v) is 5.94. The molecule has 0 radical (unpaired) electrons. The van der Waals surface area contributed by atoms with Crippen molar-refractivity contribution < 1.29 is 0 Å². The molecule has 1 heterocycles. The van der Waals surface area contributed by atoms with Crippen molar-refractivity contribution in [1.82, 2.24) is 4.57 Å². The molecule has 0 fully saturated rings. The highest BCUT2D eigenvalue weighted by atomic mass is 14.9. The number of aromatic nitrogens is 1. The van der Waals surface area contributed by atoms with Crippen LogP contribution in [0.4, 0.5) is 0 Å². The third kappa shape index (κ3) is 3.51. The van der Waals surface area contributed by atoms with E-state index in [9.17, 15) is 0 Å². The van der Waals surface area contributed by atoms with E-state index in [0.717, 1.165) is 19.4 Å². The number of nitrogens with two attached hydrogens (primary N) is 1. The van der Waals surface area contributed by atoms with E-state index in [2.05, 4.69) is 62.9 Å². The predicted octanol–water partition coefficient (Wildman–Crippen LogP) is 3.74. The number of nitrogens with zero attached hydrogens (tertiary/aromatic N) is 1. The predicted molar refractivity (Wildman–Crippen MR) is 86.2 cm³/mol. The molecule has 1 atom stereocenters. The number of hydrogen-bond acceptors (Lipinski definition) is 1. The summed E-state index contributed by atoms with van der Waals surface area (Å²) < 4.78 is 2.27. The highest BCUT2D eigenvalue weighted by Crippen LogP contribution is 2.18. The monoisotopic (exact) mass is 270 g/mol. The summed E-state index contributed by atoms with van der Waals surface area (Å²) in [7, 11) is 0. The van der Waals surface area contributed by atoms with Crippen molar-refractivity contribution in [2.45, 2.75) is 53.1 Å². The first-order chi connectivity index (χ1) is 9.49. The zero-order valence-corrected chi connectivity index (χ0v) is 13.1. The molecule has 0 aliphatic rings. The Morgan fingerprint density at radius 1 is 1.15 bits per heavy atom. The van der Waals surface area contributed by atoms with Gasteiger partial charge in [0.1, 0.15) is 0 Å². The lowest BCUT2D eigenvalue weighted by Gasteiger charge is -2.12. The number of hydrogen-bond donors (Lipinski definition) is 1. The highest BCUT2D eigenvalue weighted by Gasteiger charge is 2.07. The molecular formula is C18H26N2. The standard InChI is InChI=1S/C18H26N2/c1-5-17(19)10-16-6-7-20(11-16)12-18-14(3)8-13(2)9-15(18)4/h6-9,11,17H,5,10,12,19H2,1-4H3. The van der Waals surface area contributed by atoms with Gasteiger partial charge in [-0.1, -0.05) is 24.6 Å². The van der Waals surface area contributed by atoms with Crippen molar-refractivity contribution in [2.24, 2.45) is 5.73 Å². The van der Waals surface area contributed by atoms with Crippen LogP contribution in [0.2, 0.25) is 0 Å². The van der Waals surface area contributed by atoms with E-state index in [0.29, 0.717) is 0 Å². The Morgan fingerprint density at radius 2 is 1.80 bits per heavy atom. The number of benzene rings is 1. The summed E-state index contributed by atoms with van der Waals surface area (Å²) in [4.78, 5) is 0. The summed E-state index contributed by atoms with van der Waals surface area (Å²) in [5.74, 6) is 0. The smallest absolute Gasteiger partial charge is 0.0475 e. The second-order valence-electron chi connectivity index (χ2n) is 5.94. The molecule has 0 amide bonds. The van der Waals surface area contributed by atoms with Gasteiger partial charge in [0.05, 0.1) is 0 Å². The SMILES string of the molecule is CCC(N)Cc1ccn(Cc2c(C)cc(C)cc2C)c1. The first-order valence-corrected chi connectivity index (χ1v) is 7.46. The molecule has 0 aliphatic carbocycles. The van der Waals surface area contributed by atoms with Gasteiger partial charge in [0, 0.05) is 25.0 Å². The van der Waals surface area contributed by atoms with Crippen LogP contribution in [0.5, 0.6) is 0 Å². The molecule has 2 rings (SSSR count). The molecular weight excluding hydrogens is 244 g/mol. The van der Waals surface area contributed by atoms with Crippen LogP contribution in [0.3, 0.4) is 0 Å². The molecule has 0 bridgehead atoms. The molecule has 2 heteroatoms. The lowest BCUT2D eigenvalue weighted by Crippen LogP contribution is -2.21. The average Bonchev–Trinajstić information content (AvgIpc) is 2.81. The van der Waals surface area contributed by atoms with Crippen LogP contribution in [0.1, 0.15) is 41.2 Å². The molecule has 0 spiro atoms. The van der Waals surface area contributed by atoms with Gasteiger partial charge in [-0.05, 0) is 61.9 Å². The number of rotatable bonds is 5. The lowest BCUT2D eigenvalue weighted by atomic mass is 10.00. The van der Waals surface area contributed by atoms with Gasteiger partial charge in [-0.25, -0.2) is 0 Å². The maximum Gasteiger partial charge on any atom is 0.0475 e. The van der Waals surface area contributed by atoms with Crippen LogP contribution >= 0.6 is 0 Å². The fourth-order valence-electron chi connectivity index (χ4n) is 2.80. The summed E-state index contributed by atoms with van der Waals surface area (Å²) in [6.07, 6.45) is 6.39. The van der Waals surface area contributed by atoms with Gasteiger partial charge in [-0.3, -0.25) is 0 Å². The first kappa shape index (κ1) is 14.9. The molecule has 0 saturated carbocycles. The highest BCUT2D eigenvalue weighted by molar-refractivity contribution is 5.37. The van der Waals surface area contributed by atoms with Crippen LogP contribution in [0.25, 0.3) is 0 Å². The van der Waals surface area contributed by atoms with E-state index >= 15 is 0 Å². The zero-order chi connectivity index (χ0) is 14.7. The van der Waals surface area contributed by atoms with Gasteiger partial charge in [-0.15, -0.1) is 0 Å². The molecule has 1 aromatic heterocycles. The Hall–Kier alpha value is -1.54. The Kier molecular flexibility index (Phi) is 4.66. The van der Waals surface area contributed by atoms with E-state index in [4.69, 9.17) is 5.73 Å². The van der Waals surface area contributed by atoms with E-state index < -0.39 is 0 Å². The van der Waals surface area contributed by atoms with Crippen molar-refractivity contribution in [3.8, 4) is 0 Å². The van der Waals surface area contributed by atoms with Crippen molar-refractivity contribution in [3.05, 3.63) is 58.4 Å². The van der Waals surface area contributed by atoms with Gasteiger partial charge in [-0.2, -0.15) is 0 Å². The maximum atomic E-state index is 6.02. The molecule has 1 aromatic carbocycles. The van der Waals surface area contributed by atoms with Crippen LogP contribution in [0.15, 0.2) is 30.6 Å². The Morgan fingerprint density at radius 3 is 2.40 bits per heavy atom. The van der Waals surface area contributed by atoms with Gasteiger partial charge in [0.15, 0.2) is 0 Å². The van der Waals surface area contributed by atoms with Crippen molar-refractivity contribution in [2.75, 3.05) is 0 Å². The van der Waals surface area contributed by atoms with Crippen LogP contribution in [0, 0.1) is 20.8 Å². The van der Waals surface area contributed by atoms with Gasteiger partial charge < -0.3 is 10.3 Å². The zero-order valence-electron chi connectivity index (χ0n) is 13.1. The molecule has 0 saturated heterocycles. The Bertz CT molecular complexity index is 558. The minimum atomic E-state index is 0.272. The fourth-order valence-corrected chi connectivity index (χ4v) is 2.80. The topological polar surface area (TPSA) is 30.9 Å². The lowest BCUT2D eigenvalue weighted by molar-refractivity contribution is 0.645. The van der Waals surface area contributed by atoms with Crippen LogP contribution in [-0.2, 0) is 13.0 Å². The summed E-state index contributed by atoms with van der Waals surface area (Å²) in [5.41, 5.74) is 12.9. The van der Waals surface area contributed by atoms with Crippen molar-refractivity contribution in [3.63, 3.8) is 0 Å². The Labute approximate surface area is 122 Å². The number of aryl methyl sites for hydroxylation is 3. The fraction of sp³-hybridized carbons (Fsp3) is 0.444. The Balaban J connectivity index is 2.15. The average molecular weight is 270 g/mol. The third-order valence-corrected chi connectivity index (χ3v) is 4.02. The van der Waals surface area contributed by atoms with E-state index in [1.165, 1.54) is 27.8 Å². The minimum absolute atomic E-state index is 0.272. The molecule has 108 valence electrons. The molecule has 0 aliphatic heterocycles. The van der Waals surface area contributed by atoms with Crippen LogP contribution < -0.4 is 5.73 Å². The molecule has 1 unspecified atom stereocenters. The molecule has 20 heavy (non-hydrogen) atoms. The summed E-state index contributed by atoms with van der Waals surface area (Å²) in [5, 5.41) is 0. The largest absolute Gasteiger partial charge is 0.350 e. The van der Waals surface area contributed by atoms with Gasteiger partial charge >= 0.3 is 0 Å². The molecule has 2 aromatic rings. The quantitative estimate of drug-likeness (QED) is 0.881. The summed E-state index contributed by atoms with van der Waals surface area (Å²) >= 11 is 0. The minimum Gasteiger partial charge on any atom is -0.350 e. The van der Waals surface area contributed by atoms with Crippen LogP contribution in [-0.4, -0.2) is 10.6 Å². The third-order valence-electron chi connectivity index (χ3n) is 4.02.